The summed E-state index contributed by atoms with van der Waals surface area (Å²) in [6.07, 6.45) is 3.56. The molecule has 0 radical (unpaired) electrons. The number of carbonyl (C=O) groups is 1. The predicted molar refractivity (Wildman–Crippen MR) is 82.1 cm³/mol. The lowest BCUT2D eigenvalue weighted by atomic mass is 9.87. The highest BCUT2D eigenvalue weighted by Crippen LogP contribution is 2.33. The summed E-state index contributed by atoms with van der Waals surface area (Å²) in [5.74, 6) is -0.172. The van der Waals surface area contributed by atoms with Crippen LogP contribution in [-0.4, -0.2) is 32.0 Å². The lowest BCUT2D eigenvalue weighted by Crippen LogP contribution is -2.33. The molecule has 0 heterocycles. The van der Waals surface area contributed by atoms with Gasteiger partial charge in [0.2, 0.25) is 15.9 Å². The van der Waals surface area contributed by atoms with E-state index in [1.54, 1.807) is 11.9 Å². The smallest absolute Gasteiger partial charge is 0.222 e. The van der Waals surface area contributed by atoms with Gasteiger partial charge in [-0.05, 0) is 36.8 Å². The minimum Gasteiger partial charge on any atom is -0.339 e. The molecule has 116 valence electrons. The standard InChI is InChI=1S/C15H22N2O3S/c1-17(15(18)10-5-11-21(16,19)20)14-9-4-7-12-6-2-3-8-13(12)14/h2-3,6,8,14H,4-5,7,9-11H2,1H3,(H2,16,19,20)/t14-/m0/s1. The quantitative estimate of drug-likeness (QED) is 0.897. The van der Waals surface area contributed by atoms with Gasteiger partial charge in [-0.3, -0.25) is 4.79 Å². The molecule has 0 aromatic heterocycles. The molecule has 1 aromatic rings. The Morgan fingerprint density at radius 1 is 1.38 bits per heavy atom. The van der Waals surface area contributed by atoms with E-state index in [0.29, 0.717) is 0 Å². The van der Waals surface area contributed by atoms with Gasteiger partial charge in [-0.2, -0.15) is 0 Å². The third kappa shape index (κ3) is 4.28. The molecule has 1 aromatic carbocycles. The fraction of sp³-hybridized carbons (Fsp3) is 0.533. The second-order valence-corrected chi connectivity index (χ2v) is 7.32. The zero-order valence-corrected chi connectivity index (χ0v) is 13.1. The average molecular weight is 310 g/mol. The average Bonchev–Trinajstić information content (AvgIpc) is 2.44. The normalized spacial score (nSPS) is 18.1. The topological polar surface area (TPSA) is 80.5 Å². The van der Waals surface area contributed by atoms with Crippen molar-refractivity contribution in [2.75, 3.05) is 12.8 Å². The largest absolute Gasteiger partial charge is 0.339 e. The van der Waals surface area contributed by atoms with E-state index in [2.05, 4.69) is 12.1 Å². The Morgan fingerprint density at radius 2 is 2.10 bits per heavy atom. The van der Waals surface area contributed by atoms with E-state index in [9.17, 15) is 13.2 Å². The zero-order valence-electron chi connectivity index (χ0n) is 12.3. The highest BCUT2D eigenvalue weighted by molar-refractivity contribution is 7.89. The Morgan fingerprint density at radius 3 is 2.81 bits per heavy atom. The molecule has 0 bridgehead atoms. The van der Waals surface area contributed by atoms with E-state index >= 15 is 0 Å². The molecule has 2 rings (SSSR count). The van der Waals surface area contributed by atoms with Crippen molar-refractivity contribution in [1.82, 2.24) is 4.90 Å². The van der Waals surface area contributed by atoms with Crippen molar-refractivity contribution in [3.63, 3.8) is 0 Å². The molecule has 0 fully saturated rings. The Bertz CT molecular complexity index is 613. The van der Waals surface area contributed by atoms with Gasteiger partial charge in [-0.1, -0.05) is 24.3 Å². The van der Waals surface area contributed by atoms with Gasteiger partial charge in [0.15, 0.2) is 0 Å². The van der Waals surface area contributed by atoms with Crippen molar-refractivity contribution in [3.8, 4) is 0 Å². The molecule has 0 saturated carbocycles. The molecule has 1 aliphatic carbocycles. The van der Waals surface area contributed by atoms with Crippen molar-refractivity contribution < 1.29 is 13.2 Å². The van der Waals surface area contributed by atoms with Gasteiger partial charge < -0.3 is 4.90 Å². The minimum absolute atomic E-state index is 0.0275. The van der Waals surface area contributed by atoms with Crippen LogP contribution in [0.15, 0.2) is 24.3 Å². The van der Waals surface area contributed by atoms with Gasteiger partial charge >= 0.3 is 0 Å². The number of rotatable bonds is 5. The molecular formula is C15H22N2O3S. The van der Waals surface area contributed by atoms with E-state index in [0.717, 1.165) is 19.3 Å². The van der Waals surface area contributed by atoms with Crippen LogP contribution in [0.3, 0.4) is 0 Å². The monoisotopic (exact) mass is 310 g/mol. The summed E-state index contributed by atoms with van der Waals surface area (Å²) in [6.45, 7) is 0. The Labute approximate surface area is 126 Å². The third-order valence-electron chi connectivity index (χ3n) is 4.02. The number of amides is 1. The summed E-state index contributed by atoms with van der Waals surface area (Å²) in [7, 11) is -1.69. The van der Waals surface area contributed by atoms with Crippen molar-refractivity contribution in [3.05, 3.63) is 35.4 Å². The van der Waals surface area contributed by atoms with Crippen LogP contribution in [0.1, 0.15) is 42.9 Å². The summed E-state index contributed by atoms with van der Waals surface area (Å²) in [5.41, 5.74) is 2.52. The van der Waals surface area contributed by atoms with Gasteiger partial charge in [0.25, 0.3) is 0 Å². The number of carbonyl (C=O) groups excluding carboxylic acids is 1. The number of aryl methyl sites for hydroxylation is 1. The van der Waals surface area contributed by atoms with E-state index < -0.39 is 10.0 Å². The molecule has 2 N–H and O–H groups in total. The molecule has 1 aliphatic rings. The molecule has 5 nitrogen and oxygen atoms in total. The van der Waals surface area contributed by atoms with Crippen LogP contribution >= 0.6 is 0 Å². The number of hydrogen-bond acceptors (Lipinski definition) is 3. The van der Waals surface area contributed by atoms with Crippen LogP contribution in [0.4, 0.5) is 0 Å². The summed E-state index contributed by atoms with van der Waals surface area (Å²) in [6, 6.07) is 8.30. The second kappa shape index (κ2) is 6.58. The number of hydrogen-bond donors (Lipinski definition) is 1. The molecule has 21 heavy (non-hydrogen) atoms. The molecule has 1 atom stereocenters. The Kier molecular flexibility index (Phi) is 5.00. The maximum atomic E-state index is 12.2. The Hall–Kier alpha value is -1.40. The molecule has 1 amide bonds. The zero-order chi connectivity index (χ0) is 15.5. The van der Waals surface area contributed by atoms with Crippen LogP contribution in [0.2, 0.25) is 0 Å². The molecule has 0 saturated heterocycles. The van der Waals surface area contributed by atoms with Crippen molar-refractivity contribution in [2.24, 2.45) is 5.14 Å². The van der Waals surface area contributed by atoms with Crippen LogP contribution < -0.4 is 5.14 Å². The first kappa shape index (κ1) is 16.0. The molecular weight excluding hydrogens is 288 g/mol. The summed E-state index contributed by atoms with van der Waals surface area (Å²) in [5, 5.41) is 4.95. The lowest BCUT2D eigenvalue weighted by molar-refractivity contribution is -0.132. The van der Waals surface area contributed by atoms with Gasteiger partial charge in [0.05, 0.1) is 11.8 Å². The van der Waals surface area contributed by atoms with Gasteiger partial charge in [0.1, 0.15) is 0 Å². The van der Waals surface area contributed by atoms with Crippen molar-refractivity contribution >= 4 is 15.9 Å². The Balaban J connectivity index is 2.00. The fourth-order valence-electron chi connectivity index (χ4n) is 2.91. The van der Waals surface area contributed by atoms with Crippen LogP contribution in [0.25, 0.3) is 0 Å². The maximum Gasteiger partial charge on any atom is 0.222 e. The lowest BCUT2D eigenvalue weighted by Gasteiger charge is -2.33. The van der Waals surface area contributed by atoms with Gasteiger partial charge in [-0.25, -0.2) is 13.6 Å². The van der Waals surface area contributed by atoms with E-state index in [4.69, 9.17) is 5.14 Å². The molecule has 0 aliphatic heterocycles. The number of nitrogens with two attached hydrogens (primary N) is 1. The van der Waals surface area contributed by atoms with Gasteiger partial charge in [-0.15, -0.1) is 0 Å². The van der Waals surface area contributed by atoms with Crippen LogP contribution in [-0.2, 0) is 21.2 Å². The first-order valence-corrected chi connectivity index (χ1v) is 8.94. The minimum atomic E-state index is -3.49. The SMILES string of the molecule is CN(C(=O)CCCS(N)(=O)=O)[C@H]1CCCc2ccccc21. The number of sulfonamides is 1. The van der Waals surface area contributed by atoms with Crippen LogP contribution in [0.5, 0.6) is 0 Å². The van der Waals surface area contributed by atoms with Crippen molar-refractivity contribution in [2.45, 2.75) is 38.1 Å². The maximum absolute atomic E-state index is 12.2. The first-order valence-electron chi connectivity index (χ1n) is 7.22. The predicted octanol–water partition coefficient (Wildman–Crippen LogP) is 1.59. The first-order chi connectivity index (χ1) is 9.88. The number of benzene rings is 1. The second-order valence-electron chi connectivity index (χ2n) is 5.58. The van der Waals surface area contributed by atoms with Gasteiger partial charge in [0, 0.05) is 13.5 Å². The highest BCUT2D eigenvalue weighted by Gasteiger charge is 2.26. The number of fused-ring (bicyclic) bond motifs is 1. The summed E-state index contributed by atoms with van der Waals surface area (Å²) in [4.78, 5) is 14.0. The highest BCUT2D eigenvalue weighted by atomic mass is 32.2. The summed E-state index contributed by atoms with van der Waals surface area (Å²) < 4.78 is 21.8. The molecule has 6 heteroatoms. The number of primary sulfonamides is 1. The summed E-state index contributed by atoms with van der Waals surface area (Å²) >= 11 is 0. The van der Waals surface area contributed by atoms with E-state index in [1.165, 1.54) is 11.1 Å². The van der Waals surface area contributed by atoms with E-state index in [-0.39, 0.29) is 30.5 Å². The van der Waals surface area contributed by atoms with E-state index in [1.807, 2.05) is 12.1 Å². The molecule has 0 unspecified atom stereocenters. The van der Waals surface area contributed by atoms with Crippen LogP contribution in [0, 0.1) is 0 Å². The number of nitrogens with zero attached hydrogens (tertiary/aromatic N) is 1. The third-order valence-corrected chi connectivity index (χ3v) is 4.88. The fourth-order valence-corrected chi connectivity index (χ4v) is 3.45. The van der Waals surface area contributed by atoms with Crippen molar-refractivity contribution in [1.29, 1.82) is 0 Å². The molecule has 0 spiro atoms.